The highest BCUT2D eigenvalue weighted by Gasteiger charge is 2.27. The first-order valence-electron chi connectivity index (χ1n) is 7.59. The number of nitrogens with two attached hydrogens (primary N) is 1. The van der Waals surface area contributed by atoms with Crippen molar-refractivity contribution in [2.45, 2.75) is 44.7 Å². The van der Waals surface area contributed by atoms with E-state index in [-0.39, 0.29) is 18.4 Å². The molecule has 1 aliphatic heterocycles. The molecular weight excluding hydrogens is 302 g/mol. The van der Waals surface area contributed by atoms with Crippen LogP contribution < -0.4 is 11.1 Å². The number of amides is 3. The molecule has 0 saturated carbocycles. The van der Waals surface area contributed by atoms with E-state index in [0.29, 0.717) is 10.6 Å². The molecule has 120 valence electrons. The Morgan fingerprint density at radius 1 is 1.41 bits per heavy atom. The minimum atomic E-state index is -0.663. The van der Waals surface area contributed by atoms with Gasteiger partial charge in [0.15, 0.2) is 0 Å². The number of primary amides is 1. The molecule has 2 atom stereocenters. The van der Waals surface area contributed by atoms with Crippen molar-refractivity contribution < 1.29 is 9.59 Å². The number of benzene rings is 1. The number of hydrogen-bond donors (Lipinski definition) is 2. The number of urea groups is 1. The van der Waals surface area contributed by atoms with E-state index in [1.54, 1.807) is 12.1 Å². The lowest BCUT2D eigenvalue weighted by Crippen LogP contribution is -2.44. The summed E-state index contributed by atoms with van der Waals surface area (Å²) in [5.41, 5.74) is 5.95. The van der Waals surface area contributed by atoms with Gasteiger partial charge in [-0.2, -0.15) is 0 Å². The van der Waals surface area contributed by atoms with Gasteiger partial charge < -0.3 is 16.0 Å². The summed E-state index contributed by atoms with van der Waals surface area (Å²) in [6.45, 7) is 2.83. The van der Waals surface area contributed by atoms with Gasteiger partial charge in [0, 0.05) is 17.6 Å². The smallest absolute Gasteiger partial charge is 0.312 e. The van der Waals surface area contributed by atoms with Gasteiger partial charge in [-0.15, -0.1) is 0 Å². The maximum Gasteiger partial charge on any atom is 0.312 e. The Balaban J connectivity index is 2.14. The Morgan fingerprint density at radius 2 is 2.14 bits per heavy atom. The quantitative estimate of drug-likeness (QED) is 0.894. The molecule has 1 aliphatic rings. The normalized spacial score (nSPS) is 19.5. The fraction of sp³-hybridized carbons (Fsp3) is 0.500. The van der Waals surface area contributed by atoms with Crippen LogP contribution in [0.4, 0.5) is 4.79 Å². The van der Waals surface area contributed by atoms with Crippen LogP contribution >= 0.6 is 11.6 Å². The standard InChI is InChI=1S/C16H22ClN3O2/c1-11-6-4-5-9-20(11)15(21)10-14(19-16(18)22)12-7-2-3-8-13(12)17/h2-3,7-8,11,14H,4-6,9-10H2,1H3,(H3,18,19,22). The molecule has 1 aromatic carbocycles. The molecule has 0 radical (unpaired) electrons. The molecule has 3 amide bonds. The van der Waals surface area contributed by atoms with E-state index in [0.717, 1.165) is 25.8 Å². The van der Waals surface area contributed by atoms with E-state index in [2.05, 4.69) is 12.2 Å². The summed E-state index contributed by atoms with van der Waals surface area (Å²) in [6.07, 6.45) is 3.36. The summed E-state index contributed by atoms with van der Waals surface area (Å²) in [7, 11) is 0. The third-order valence-corrected chi connectivity index (χ3v) is 4.44. The fourth-order valence-corrected chi connectivity index (χ4v) is 3.20. The molecular formula is C16H22ClN3O2. The minimum absolute atomic E-state index is 0.0193. The van der Waals surface area contributed by atoms with Gasteiger partial charge in [-0.25, -0.2) is 4.79 Å². The molecule has 1 saturated heterocycles. The monoisotopic (exact) mass is 323 g/mol. The van der Waals surface area contributed by atoms with E-state index in [1.807, 2.05) is 17.0 Å². The highest BCUT2D eigenvalue weighted by atomic mass is 35.5. The molecule has 0 spiro atoms. The SMILES string of the molecule is CC1CCCCN1C(=O)CC(NC(N)=O)c1ccccc1Cl. The van der Waals surface area contributed by atoms with Crippen LogP contribution in [0.3, 0.4) is 0 Å². The van der Waals surface area contributed by atoms with Gasteiger partial charge in [0.25, 0.3) is 0 Å². The van der Waals surface area contributed by atoms with Gasteiger partial charge in [0.05, 0.1) is 12.5 Å². The summed E-state index contributed by atoms with van der Waals surface area (Å²) in [6, 6.07) is 6.24. The van der Waals surface area contributed by atoms with Crippen LogP contribution in [0.5, 0.6) is 0 Å². The summed E-state index contributed by atoms with van der Waals surface area (Å²) >= 11 is 6.18. The number of hydrogen-bond acceptors (Lipinski definition) is 2. The summed E-state index contributed by atoms with van der Waals surface area (Å²) in [4.78, 5) is 25.7. The van der Waals surface area contributed by atoms with E-state index in [1.165, 1.54) is 0 Å². The molecule has 3 N–H and O–H groups in total. The molecule has 22 heavy (non-hydrogen) atoms. The number of rotatable bonds is 4. The Labute approximate surface area is 135 Å². The zero-order valence-corrected chi connectivity index (χ0v) is 13.5. The number of piperidine rings is 1. The Kier molecular flexibility index (Phi) is 5.66. The van der Waals surface area contributed by atoms with Crippen molar-refractivity contribution in [3.63, 3.8) is 0 Å². The minimum Gasteiger partial charge on any atom is -0.352 e. The zero-order valence-electron chi connectivity index (χ0n) is 12.7. The lowest BCUT2D eigenvalue weighted by atomic mass is 9.99. The summed E-state index contributed by atoms with van der Waals surface area (Å²) in [5, 5.41) is 3.14. The van der Waals surface area contributed by atoms with Gasteiger partial charge in [0.1, 0.15) is 0 Å². The number of carbonyl (C=O) groups excluding carboxylic acids is 2. The highest BCUT2D eigenvalue weighted by Crippen LogP contribution is 2.27. The van der Waals surface area contributed by atoms with Crippen LogP contribution in [-0.4, -0.2) is 29.4 Å². The van der Waals surface area contributed by atoms with Crippen molar-refractivity contribution in [2.75, 3.05) is 6.54 Å². The van der Waals surface area contributed by atoms with E-state index >= 15 is 0 Å². The van der Waals surface area contributed by atoms with Crippen molar-refractivity contribution >= 4 is 23.5 Å². The van der Waals surface area contributed by atoms with Crippen molar-refractivity contribution in [2.24, 2.45) is 5.73 Å². The van der Waals surface area contributed by atoms with E-state index < -0.39 is 12.1 Å². The van der Waals surface area contributed by atoms with E-state index in [4.69, 9.17) is 17.3 Å². The van der Waals surface area contributed by atoms with Crippen molar-refractivity contribution in [1.82, 2.24) is 10.2 Å². The number of nitrogens with zero attached hydrogens (tertiary/aromatic N) is 1. The lowest BCUT2D eigenvalue weighted by molar-refractivity contribution is -0.134. The van der Waals surface area contributed by atoms with Crippen LogP contribution in [0.2, 0.25) is 5.02 Å². The van der Waals surface area contributed by atoms with Crippen LogP contribution in [0, 0.1) is 0 Å². The molecule has 1 heterocycles. The molecule has 1 aromatic rings. The van der Waals surface area contributed by atoms with Gasteiger partial charge >= 0.3 is 6.03 Å². The second-order valence-electron chi connectivity index (χ2n) is 5.72. The first kappa shape index (κ1) is 16.6. The Bertz CT molecular complexity index is 550. The van der Waals surface area contributed by atoms with Gasteiger partial charge in [-0.1, -0.05) is 29.8 Å². The van der Waals surface area contributed by atoms with Crippen LogP contribution in [0.25, 0.3) is 0 Å². The average Bonchev–Trinajstić information content (AvgIpc) is 2.47. The largest absolute Gasteiger partial charge is 0.352 e. The van der Waals surface area contributed by atoms with Crippen LogP contribution in [0.15, 0.2) is 24.3 Å². The molecule has 0 aliphatic carbocycles. The molecule has 2 rings (SSSR count). The second-order valence-corrected chi connectivity index (χ2v) is 6.13. The maximum atomic E-state index is 12.6. The molecule has 6 heteroatoms. The molecule has 0 aromatic heterocycles. The Morgan fingerprint density at radius 3 is 2.77 bits per heavy atom. The van der Waals surface area contributed by atoms with Crippen LogP contribution in [-0.2, 0) is 4.79 Å². The fourth-order valence-electron chi connectivity index (χ4n) is 2.93. The number of halogens is 1. The average molecular weight is 324 g/mol. The van der Waals surface area contributed by atoms with Gasteiger partial charge in [-0.05, 0) is 37.8 Å². The molecule has 2 unspecified atom stereocenters. The number of likely N-dealkylation sites (tertiary alicyclic amines) is 1. The van der Waals surface area contributed by atoms with E-state index in [9.17, 15) is 9.59 Å². The summed E-state index contributed by atoms with van der Waals surface area (Å²) < 4.78 is 0. The molecule has 1 fully saturated rings. The zero-order chi connectivity index (χ0) is 16.1. The third kappa shape index (κ3) is 4.13. The van der Waals surface area contributed by atoms with Crippen molar-refractivity contribution in [1.29, 1.82) is 0 Å². The number of carbonyl (C=O) groups is 2. The van der Waals surface area contributed by atoms with Crippen molar-refractivity contribution in [3.8, 4) is 0 Å². The highest BCUT2D eigenvalue weighted by molar-refractivity contribution is 6.31. The molecule has 0 bridgehead atoms. The van der Waals surface area contributed by atoms with Gasteiger partial charge in [-0.3, -0.25) is 4.79 Å². The van der Waals surface area contributed by atoms with Crippen molar-refractivity contribution in [3.05, 3.63) is 34.9 Å². The van der Waals surface area contributed by atoms with Gasteiger partial charge in [0.2, 0.25) is 5.91 Å². The predicted octanol–water partition coefficient (Wildman–Crippen LogP) is 2.84. The molecule has 5 nitrogen and oxygen atoms in total. The predicted molar refractivity (Wildman–Crippen MR) is 86.6 cm³/mol. The lowest BCUT2D eigenvalue weighted by Gasteiger charge is -2.34. The van der Waals surface area contributed by atoms with Crippen LogP contribution in [0.1, 0.15) is 44.2 Å². The number of nitrogens with one attached hydrogen (secondary N) is 1. The first-order chi connectivity index (χ1) is 10.5. The maximum absolute atomic E-state index is 12.6. The Hall–Kier alpha value is -1.75. The summed E-state index contributed by atoms with van der Waals surface area (Å²) in [5.74, 6) is 0.0193. The second kappa shape index (κ2) is 7.49. The topological polar surface area (TPSA) is 75.4 Å². The first-order valence-corrected chi connectivity index (χ1v) is 7.96. The third-order valence-electron chi connectivity index (χ3n) is 4.10.